The monoisotopic (exact) mass is 418 g/mol. The maximum absolute atomic E-state index is 12.5. The maximum Gasteiger partial charge on any atom is 0.255 e. The lowest BCUT2D eigenvalue weighted by Crippen LogP contribution is -2.27. The summed E-state index contributed by atoms with van der Waals surface area (Å²) in [6, 6.07) is 11.0. The minimum absolute atomic E-state index is 0.0422. The second-order valence-corrected chi connectivity index (χ2v) is 8.29. The molecule has 0 radical (unpaired) electrons. The molecule has 1 aliphatic heterocycles. The predicted octanol–water partition coefficient (Wildman–Crippen LogP) is 4.44. The van der Waals surface area contributed by atoms with Crippen LogP contribution in [-0.2, 0) is 0 Å². The summed E-state index contributed by atoms with van der Waals surface area (Å²) < 4.78 is 0.948. The standard InChI is InChI=1S/C19H19BrN2O2S/c1-13(18(23)14-4-7-16(20)8-5-14)25-17-9-6-15(12-21-17)19(24)22-10-2-3-11-22/h4-9,12-13H,2-3,10-11H2,1H3. The van der Waals surface area contributed by atoms with Gasteiger partial charge in [-0.1, -0.05) is 39.8 Å². The molecule has 3 rings (SSSR count). The lowest BCUT2D eigenvalue weighted by Gasteiger charge is -2.15. The van der Waals surface area contributed by atoms with Crippen molar-refractivity contribution in [2.45, 2.75) is 30.0 Å². The fourth-order valence-corrected chi connectivity index (χ4v) is 3.89. The summed E-state index contributed by atoms with van der Waals surface area (Å²) in [5.74, 6) is 0.108. The molecule has 1 fully saturated rings. The van der Waals surface area contributed by atoms with Crippen molar-refractivity contribution in [2.75, 3.05) is 13.1 Å². The smallest absolute Gasteiger partial charge is 0.255 e. The van der Waals surface area contributed by atoms with Gasteiger partial charge in [-0.05, 0) is 44.0 Å². The Labute approximate surface area is 160 Å². The molecule has 1 amide bonds. The Bertz CT molecular complexity index is 756. The molecular formula is C19H19BrN2O2S. The molecule has 130 valence electrons. The van der Waals surface area contributed by atoms with Crippen molar-refractivity contribution in [1.82, 2.24) is 9.88 Å². The van der Waals surface area contributed by atoms with Crippen LogP contribution in [0.2, 0.25) is 0 Å². The molecule has 1 atom stereocenters. The summed E-state index contributed by atoms with van der Waals surface area (Å²) in [4.78, 5) is 31.0. The number of Topliss-reactive ketones (excluding diaryl/α,β-unsaturated/α-hetero) is 1. The molecule has 2 heterocycles. The molecule has 0 bridgehead atoms. The number of benzene rings is 1. The van der Waals surface area contributed by atoms with E-state index in [9.17, 15) is 9.59 Å². The van der Waals surface area contributed by atoms with Crippen LogP contribution in [0.5, 0.6) is 0 Å². The second-order valence-electron chi connectivity index (χ2n) is 6.02. The molecule has 0 saturated carbocycles. The van der Waals surface area contributed by atoms with Crippen LogP contribution in [0.4, 0.5) is 0 Å². The largest absolute Gasteiger partial charge is 0.339 e. The van der Waals surface area contributed by atoms with E-state index < -0.39 is 0 Å². The minimum Gasteiger partial charge on any atom is -0.339 e. The quantitative estimate of drug-likeness (QED) is 0.531. The molecule has 2 aromatic rings. The van der Waals surface area contributed by atoms with E-state index in [0.29, 0.717) is 11.1 Å². The number of rotatable bonds is 5. The lowest BCUT2D eigenvalue weighted by atomic mass is 10.1. The first-order chi connectivity index (χ1) is 12.0. The number of aromatic nitrogens is 1. The van der Waals surface area contributed by atoms with Crippen LogP contribution in [0.1, 0.15) is 40.5 Å². The lowest BCUT2D eigenvalue weighted by molar-refractivity contribution is 0.0792. The number of halogens is 1. The molecule has 0 N–H and O–H groups in total. The Kier molecular flexibility index (Phi) is 5.91. The Hall–Kier alpha value is -1.66. The number of ketones is 1. The number of carbonyl (C=O) groups excluding carboxylic acids is 2. The van der Waals surface area contributed by atoms with Crippen LogP contribution in [0.25, 0.3) is 0 Å². The first kappa shape index (κ1) is 18.1. The average molecular weight is 419 g/mol. The number of hydrogen-bond acceptors (Lipinski definition) is 4. The Morgan fingerprint density at radius 3 is 2.32 bits per heavy atom. The fourth-order valence-electron chi connectivity index (χ4n) is 2.76. The van der Waals surface area contributed by atoms with Crippen molar-refractivity contribution in [2.24, 2.45) is 0 Å². The molecule has 4 nitrogen and oxygen atoms in total. The van der Waals surface area contributed by atoms with Crippen LogP contribution in [-0.4, -0.2) is 39.9 Å². The molecule has 1 unspecified atom stereocenters. The highest BCUT2D eigenvalue weighted by Gasteiger charge is 2.20. The van der Waals surface area contributed by atoms with Gasteiger partial charge in [-0.2, -0.15) is 0 Å². The van der Waals surface area contributed by atoms with Gasteiger partial charge in [0.25, 0.3) is 5.91 Å². The molecule has 0 spiro atoms. The van der Waals surface area contributed by atoms with E-state index in [1.54, 1.807) is 12.3 Å². The van der Waals surface area contributed by atoms with Crippen LogP contribution in [0, 0.1) is 0 Å². The number of hydrogen-bond donors (Lipinski definition) is 0. The number of amides is 1. The topological polar surface area (TPSA) is 50.3 Å². The summed E-state index contributed by atoms with van der Waals surface area (Å²) >= 11 is 4.78. The van der Waals surface area contributed by atoms with Gasteiger partial charge in [0, 0.05) is 29.3 Å². The second kappa shape index (κ2) is 8.15. The van der Waals surface area contributed by atoms with Crippen LogP contribution in [0.3, 0.4) is 0 Å². The zero-order chi connectivity index (χ0) is 17.8. The number of likely N-dealkylation sites (tertiary alicyclic amines) is 1. The zero-order valence-corrected chi connectivity index (χ0v) is 16.3. The van der Waals surface area contributed by atoms with E-state index in [1.165, 1.54) is 11.8 Å². The Morgan fingerprint density at radius 2 is 1.72 bits per heavy atom. The van der Waals surface area contributed by atoms with E-state index in [2.05, 4.69) is 20.9 Å². The SMILES string of the molecule is CC(Sc1ccc(C(=O)N2CCCC2)cn1)C(=O)c1ccc(Br)cc1. The Morgan fingerprint density at radius 1 is 1.08 bits per heavy atom. The summed E-state index contributed by atoms with van der Waals surface area (Å²) in [7, 11) is 0. The fraction of sp³-hybridized carbons (Fsp3) is 0.316. The molecule has 1 aliphatic rings. The van der Waals surface area contributed by atoms with E-state index in [4.69, 9.17) is 0 Å². The van der Waals surface area contributed by atoms with Crippen LogP contribution >= 0.6 is 27.7 Å². The average Bonchev–Trinajstić information content (AvgIpc) is 3.16. The van der Waals surface area contributed by atoms with Crippen molar-refractivity contribution < 1.29 is 9.59 Å². The number of carbonyl (C=O) groups is 2. The van der Waals surface area contributed by atoms with Gasteiger partial charge >= 0.3 is 0 Å². The normalized spacial score (nSPS) is 15.2. The zero-order valence-electron chi connectivity index (χ0n) is 13.9. The van der Waals surface area contributed by atoms with Gasteiger partial charge in [0.1, 0.15) is 0 Å². The Balaban J connectivity index is 1.63. The molecule has 1 aromatic heterocycles. The predicted molar refractivity (Wildman–Crippen MR) is 103 cm³/mol. The number of nitrogens with zero attached hydrogens (tertiary/aromatic N) is 2. The third-order valence-electron chi connectivity index (χ3n) is 4.17. The van der Waals surface area contributed by atoms with Crippen molar-refractivity contribution in [3.05, 3.63) is 58.2 Å². The molecule has 0 aliphatic carbocycles. The van der Waals surface area contributed by atoms with E-state index >= 15 is 0 Å². The molecule has 1 aromatic carbocycles. The van der Waals surface area contributed by atoms with Gasteiger partial charge < -0.3 is 4.90 Å². The highest BCUT2D eigenvalue weighted by molar-refractivity contribution is 9.10. The third kappa shape index (κ3) is 4.50. The van der Waals surface area contributed by atoms with Gasteiger partial charge in [-0.3, -0.25) is 9.59 Å². The van der Waals surface area contributed by atoms with Crippen molar-refractivity contribution >= 4 is 39.4 Å². The van der Waals surface area contributed by atoms with Gasteiger partial charge in [0.2, 0.25) is 0 Å². The van der Waals surface area contributed by atoms with Gasteiger partial charge in [0.05, 0.1) is 15.8 Å². The van der Waals surface area contributed by atoms with Gasteiger partial charge in [0.15, 0.2) is 5.78 Å². The van der Waals surface area contributed by atoms with E-state index in [0.717, 1.165) is 35.4 Å². The van der Waals surface area contributed by atoms with Gasteiger partial charge in [-0.15, -0.1) is 0 Å². The van der Waals surface area contributed by atoms with Gasteiger partial charge in [-0.25, -0.2) is 4.98 Å². The van der Waals surface area contributed by atoms with E-state index in [1.807, 2.05) is 42.2 Å². The molecular weight excluding hydrogens is 400 g/mol. The molecule has 1 saturated heterocycles. The summed E-state index contributed by atoms with van der Waals surface area (Å²) in [6.07, 6.45) is 3.76. The highest BCUT2D eigenvalue weighted by atomic mass is 79.9. The summed E-state index contributed by atoms with van der Waals surface area (Å²) in [6.45, 7) is 3.53. The third-order valence-corrected chi connectivity index (χ3v) is 5.75. The first-order valence-electron chi connectivity index (χ1n) is 8.26. The van der Waals surface area contributed by atoms with Crippen molar-refractivity contribution in [1.29, 1.82) is 0 Å². The number of thioether (sulfide) groups is 1. The molecule has 6 heteroatoms. The summed E-state index contributed by atoms with van der Waals surface area (Å²) in [5, 5.41) is 0.504. The maximum atomic E-state index is 12.5. The summed E-state index contributed by atoms with van der Waals surface area (Å²) in [5.41, 5.74) is 1.29. The number of pyridine rings is 1. The minimum atomic E-state index is -0.242. The first-order valence-corrected chi connectivity index (χ1v) is 9.93. The van der Waals surface area contributed by atoms with E-state index in [-0.39, 0.29) is 16.9 Å². The van der Waals surface area contributed by atoms with Crippen LogP contribution < -0.4 is 0 Å². The van der Waals surface area contributed by atoms with Crippen molar-refractivity contribution in [3.8, 4) is 0 Å². The molecule has 25 heavy (non-hydrogen) atoms. The van der Waals surface area contributed by atoms with Crippen molar-refractivity contribution in [3.63, 3.8) is 0 Å². The van der Waals surface area contributed by atoms with Crippen LogP contribution in [0.15, 0.2) is 52.1 Å². The highest BCUT2D eigenvalue weighted by Crippen LogP contribution is 2.25.